The van der Waals surface area contributed by atoms with E-state index in [1.54, 1.807) is 24.3 Å². The average molecular weight is 377 g/mol. The summed E-state index contributed by atoms with van der Waals surface area (Å²) in [5.41, 5.74) is 1.43. The zero-order valence-electron chi connectivity index (χ0n) is 14.6. The van der Waals surface area contributed by atoms with Crippen molar-refractivity contribution in [2.24, 2.45) is 5.92 Å². The van der Waals surface area contributed by atoms with Crippen molar-refractivity contribution in [3.8, 4) is 0 Å². The topological polar surface area (TPSA) is 117 Å². The molecule has 144 valence electrons. The molecule has 1 N–H and O–H groups in total. The predicted molar refractivity (Wildman–Crippen MR) is 89.6 cm³/mol. The predicted octanol–water partition coefficient (Wildman–Crippen LogP) is 1.42. The highest BCUT2D eigenvalue weighted by Crippen LogP contribution is 2.36. The minimum Gasteiger partial charge on any atom is -0.467 e. The molecule has 0 aliphatic heterocycles. The molecule has 27 heavy (non-hydrogen) atoms. The molecule has 1 aliphatic rings. The van der Waals surface area contributed by atoms with Gasteiger partial charge in [-0.25, -0.2) is 29.0 Å². The summed E-state index contributed by atoms with van der Waals surface area (Å²) in [6.45, 7) is 3.57. The fourth-order valence-electron chi connectivity index (χ4n) is 2.04. The smallest absolute Gasteiger partial charge is 0.408 e. The SMILES string of the molecule is C=C1C[C@@H]1C(=O)OOC(=O)C[C@H](NC(=O)OCc1ccccc1)C(=O)OC. The average Bonchev–Trinajstić information content (AvgIpc) is 3.41. The third-order valence-corrected chi connectivity index (χ3v) is 3.66. The van der Waals surface area contributed by atoms with Gasteiger partial charge in [-0.05, 0) is 12.0 Å². The number of rotatable bonds is 7. The number of amides is 1. The van der Waals surface area contributed by atoms with E-state index in [9.17, 15) is 19.2 Å². The van der Waals surface area contributed by atoms with E-state index in [0.717, 1.165) is 12.7 Å². The molecular weight excluding hydrogens is 358 g/mol. The highest BCUT2D eigenvalue weighted by atomic mass is 17.2. The summed E-state index contributed by atoms with van der Waals surface area (Å²) in [7, 11) is 1.09. The first-order valence-electron chi connectivity index (χ1n) is 8.04. The molecule has 0 radical (unpaired) electrons. The van der Waals surface area contributed by atoms with Crippen molar-refractivity contribution in [3.63, 3.8) is 0 Å². The Morgan fingerprint density at radius 3 is 2.44 bits per heavy atom. The number of hydrogen-bond acceptors (Lipinski definition) is 8. The van der Waals surface area contributed by atoms with E-state index in [1.165, 1.54) is 0 Å². The van der Waals surface area contributed by atoms with Gasteiger partial charge in [-0.2, -0.15) is 0 Å². The van der Waals surface area contributed by atoms with E-state index >= 15 is 0 Å². The van der Waals surface area contributed by atoms with Gasteiger partial charge in [-0.15, -0.1) is 0 Å². The zero-order chi connectivity index (χ0) is 19.8. The lowest BCUT2D eigenvalue weighted by atomic mass is 10.2. The number of benzene rings is 1. The van der Waals surface area contributed by atoms with Gasteiger partial charge in [0.2, 0.25) is 0 Å². The molecular formula is C18H19NO8. The van der Waals surface area contributed by atoms with E-state index in [2.05, 4.69) is 26.4 Å². The summed E-state index contributed by atoms with van der Waals surface area (Å²) in [5, 5.41) is 2.21. The Bertz CT molecular complexity index is 730. The first-order chi connectivity index (χ1) is 12.9. The molecule has 1 aliphatic carbocycles. The molecule has 0 aromatic heterocycles. The number of hydrogen-bond donors (Lipinski definition) is 1. The number of esters is 1. The third-order valence-electron chi connectivity index (χ3n) is 3.66. The largest absolute Gasteiger partial charge is 0.467 e. The van der Waals surface area contributed by atoms with Crippen LogP contribution in [0.2, 0.25) is 0 Å². The fraction of sp³-hybridized carbons (Fsp3) is 0.333. The van der Waals surface area contributed by atoms with E-state index < -0.39 is 42.4 Å². The lowest BCUT2D eigenvalue weighted by molar-refractivity contribution is -0.260. The van der Waals surface area contributed by atoms with Gasteiger partial charge in [0.15, 0.2) is 0 Å². The monoisotopic (exact) mass is 377 g/mol. The first-order valence-corrected chi connectivity index (χ1v) is 8.04. The van der Waals surface area contributed by atoms with Gasteiger partial charge in [0.05, 0.1) is 19.4 Å². The van der Waals surface area contributed by atoms with Crippen LogP contribution in [0.4, 0.5) is 4.79 Å². The van der Waals surface area contributed by atoms with Crippen LogP contribution >= 0.6 is 0 Å². The number of nitrogens with one attached hydrogen (secondary N) is 1. The summed E-state index contributed by atoms with van der Waals surface area (Å²) in [6.07, 6.45) is -1.05. The Kier molecular flexibility index (Phi) is 6.93. The first kappa shape index (κ1) is 20.0. The zero-order valence-corrected chi connectivity index (χ0v) is 14.6. The fourth-order valence-corrected chi connectivity index (χ4v) is 2.04. The van der Waals surface area contributed by atoms with Gasteiger partial charge >= 0.3 is 24.0 Å². The molecule has 1 saturated carbocycles. The Morgan fingerprint density at radius 2 is 1.85 bits per heavy atom. The van der Waals surface area contributed by atoms with Gasteiger partial charge in [0.25, 0.3) is 0 Å². The molecule has 9 nitrogen and oxygen atoms in total. The van der Waals surface area contributed by atoms with Crippen LogP contribution in [0.1, 0.15) is 18.4 Å². The van der Waals surface area contributed by atoms with Crippen molar-refractivity contribution in [2.45, 2.75) is 25.5 Å². The van der Waals surface area contributed by atoms with E-state index in [1.807, 2.05) is 6.07 Å². The van der Waals surface area contributed by atoms with Crippen molar-refractivity contribution in [1.29, 1.82) is 0 Å². The van der Waals surface area contributed by atoms with Crippen molar-refractivity contribution in [1.82, 2.24) is 5.32 Å². The lowest BCUT2D eigenvalue weighted by Gasteiger charge is -2.15. The van der Waals surface area contributed by atoms with E-state index in [4.69, 9.17) is 4.74 Å². The van der Waals surface area contributed by atoms with Crippen molar-refractivity contribution >= 4 is 24.0 Å². The van der Waals surface area contributed by atoms with Crippen LogP contribution in [0, 0.1) is 5.92 Å². The van der Waals surface area contributed by atoms with Crippen LogP contribution in [-0.4, -0.2) is 37.2 Å². The molecule has 0 bridgehead atoms. The van der Waals surface area contributed by atoms with Crippen LogP contribution < -0.4 is 5.32 Å². The maximum absolute atomic E-state index is 11.8. The molecule has 1 amide bonds. The molecule has 2 rings (SSSR count). The molecule has 1 fully saturated rings. The highest BCUT2D eigenvalue weighted by molar-refractivity contribution is 5.86. The molecule has 1 aromatic carbocycles. The highest BCUT2D eigenvalue weighted by Gasteiger charge is 2.38. The third kappa shape index (κ3) is 6.46. The van der Waals surface area contributed by atoms with Crippen LogP contribution in [0.3, 0.4) is 0 Å². The van der Waals surface area contributed by atoms with Crippen molar-refractivity contribution < 1.29 is 38.4 Å². The summed E-state index contributed by atoms with van der Waals surface area (Å²) >= 11 is 0. The maximum Gasteiger partial charge on any atom is 0.408 e. The van der Waals surface area contributed by atoms with Gasteiger partial charge in [-0.3, -0.25) is 0 Å². The van der Waals surface area contributed by atoms with E-state index in [0.29, 0.717) is 12.0 Å². The second-order valence-electron chi connectivity index (χ2n) is 5.76. The van der Waals surface area contributed by atoms with Crippen LogP contribution in [0.25, 0.3) is 0 Å². The molecule has 0 saturated heterocycles. The van der Waals surface area contributed by atoms with Gasteiger partial charge in [-0.1, -0.05) is 42.5 Å². The standard InChI is InChI=1S/C18H19NO8/c1-11-8-13(11)16(21)27-26-15(20)9-14(17(22)24-2)19-18(23)25-10-12-6-4-3-5-7-12/h3-7,13-14H,1,8-10H2,2H3,(H,19,23)/t13-,14-/m0/s1. The molecule has 1 aromatic rings. The number of ether oxygens (including phenoxy) is 2. The molecule has 9 heteroatoms. The normalized spacial score (nSPS) is 15.9. The Hall–Kier alpha value is -3.36. The van der Waals surface area contributed by atoms with Crippen LogP contribution in [0.5, 0.6) is 0 Å². The molecule has 0 heterocycles. The minimum absolute atomic E-state index is 0.0199. The second-order valence-corrected chi connectivity index (χ2v) is 5.76. The van der Waals surface area contributed by atoms with Gasteiger partial charge in [0.1, 0.15) is 12.6 Å². The summed E-state index contributed by atoms with van der Waals surface area (Å²) in [5.74, 6) is -3.13. The Morgan fingerprint density at radius 1 is 1.19 bits per heavy atom. The number of carbonyl (C=O) groups excluding carboxylic acids is 4. The van der Waals surface area contributed by atoms with Crippen molar-refractivity contribution in [2.75, 3.05) is 7.11 Å². The maximum atomic E-state index is 11.8. The van der Waals surface area contributed by atoms with Gasteiger partial charge in [0, 0.05) is 0 Å². The molecule has 0 unspecified atom stereocenters. The van der Waals surface area contributed by atoms with Crippen LogP contribution in [0.15, 0.2) is 42.5 Å². The number of alkyl carbamates (subject to hydrolysis) is 1. The lowest BCUT2D eigenvalue weighted by Crippen LogP contribution is -2.43. The number of carbonyl (C=O) groups is 4. The second kappa shape index (κ2) is 9.37. The van der Waals surface area contributed by atoms with Crippen LogP contribution in [-0.2, 0) is 40.2 Å². The summed E-state index contributed by atoms with van der Waals surface area (Å²) in [4.78, 5) is 55.5. The summed E-state index contributed by atoms with van der Waals surface area (Å²) in [6, 6.07) is 7.52. The Balaban J connectivity index is 1.79. The molecule has 2 atom stereocenters. The van der Waals surface area contributed by atoms with Gasteiger partial charge < -0.3 is 14.8 Å². The number of methoxy groups -OCH3 is 1. The van der Waals surface area contributed by atoms with E-state index in [-0.39, 0.29) is 6.61 Å². The summed E-state index contributed by atoms with van der Waals surface area (Å²) < 4.78 is 9.51. The quantitative estimate of drug-likeness (QED) is 0.328. The minimum atomic E-state index is -1.36. The van der Waals surface area contributed by atoms with Crippen molar-refractivity contribution in [3.05, 3.63) is 48.0 Å². The molecule has 0 spiro atoms. The Labute approximate surface area is 155 Å².